The van der Waals surface area contributed by atoms with Crippen LogP contribution in [0.2, 0.25) is 0 Å². The van der Waals surface area contributed by atoms with Crippen LogP contribution in [0.5, 0.6) is 11.5 Å². The van der Waals surface area contributed by atoms with Crippen molar-refractivity contribution in [3.05, 3.63) is 75.1 Å². The molecule has 0 aliphatic heterocycles. The minimum atomic E-state index is -0.796. The molecule has 2 aromatic carbocycles. The summed E-state index contributed by atoms with van der Waals surface area (Å²) in [5.41, 5.74) is -1.07. The number of methoxy groups -OCH3 is 2. The molecule has 1 aromatic heterocycles. The summed E-state index contributed by atoms with van der Waals surface area (Å²) < 4.78 is 12.0. The van der Waals surface area contributed by atoms with Crippen molar-refractivity contribution in [2.45, 2.75) is 0 Å². The van der Waals surface area contributed by atoms with Crippen molar-refractivity contribution >= 4 is 11.6 Å². The maximum absolute atomic E-state index is 12.6. The van der Waals surface area contributed by atoms with Gasteiger partial charge in [-0.3, -0.25) is 14.2 Å². The number of anilines is 1. The van der Waals surface area contributed by atoms with Crippen molar-refractivity contribution in [2.24, 2.45) is 7.05 Å². The molecule has 144 valence electrons. The van der Waals surface area contributed by atoms with Crippen LogP contribution < -0.4 is 26.0 Å². The van der Waals surface area contributed by atoms with Gasteiger partial charge in [0.05, 0.1) is 19.9 Å². The average molecular weight is 382 g/mol. The molecule has 1 amide bonds. The van der Waals surface area contributed by atoms with Gasteiger partial charge in [-0.05, 0) is 36.4 Å². The Hall–Kier alpha value is -3.88. The average Bonchev–Trinajstić information content (AvgIpc) is 2.72. The van der Waals surface area contributed by atoms with Crippen LogP contribution in [-0.4, -0.2) is 34.5 Å². The summed E-state index contributed by atoms with van der Waals surface area (Å²) in [7, 11) is 4.31. The number of aromatic nitrogens is 3. The minimum Gasteiger partial charge on any atom is -0.497 e. The smallest absolute Gasteiger partial charge is 0.351 e. The number of nitrogens with zero attached hydrogens (tertiary/aromatic N) is 3. The molecule has 0 atom stereocenters. The molecule has 1 heterocycles. The number of ether oxygens (including phenoxy) is 2. The summed E-state index contributed by atoms with van der Waals surface area (Å²) in [6.07, 6.45) is 0. The highest BCUT2D eigenvalue weighted by Crippen LogP contribution is 2.17. The quantitative estimate of drug-likeness (QED) is 0.711. The van der Waals surface area contributed by atoms with E-state index in [0.717, 1.165) is 9.25 Å². The predicted octanol–water partition coefficient (Wildman–Crippen LogP) is 1.20. The Morgan fingerprint density at radius 1 is 1.00 bits per heavy atom. The maximum Gasteiger partial charge on any atom is 0.351 e. The molecule has 28 heavy (non-hydrogen) atoms. The Labute approximate surface area is 159 Å². The number of carbonyl (C=O) groups is 1. The normalized spacial score (nSPS) is 10.4. The van der Waals surface area contributed by atoms with Crippen LogP contribution in [0.4, 0.5) is 5.69 Å². The van der Waals surface area contributed by atoms with E-state index in [4.69, 9.17) is 9.47 Å². The first-order chi connectivity index (χ1) is 13.4. The van der Waals surface area contributed by atoms with Crippen molar-refractivity contribution in [3.63, 3.8) is 0 Å². The summed E-state index contributed by atoms with van der Waals surface area (Å²) in [5, 5.41) is 6.57. The number of rotatable bonds is 5. The van der Waals surface area contributed by atoms with Crippen LogP contribution in [0.3, 0.4) is 0 Å². The first kappa shape index (κ1) is 18.9. The standard InChI is InChI=1S/C19H18N4O5/c1-22-18(25)16(17(24)20-12-5-4-6-15(11-12)28-3)21-23(19(22)26)13-7-9-14(27-2)10-8-13/h4-11H,1-3H3,(H,20,24). The zero-order chi connectivity index (χ0) is 20.3. The monoisotopic (exact) mass is 382 g/mol. The number of amides is 1. The molecule has 0 radical (unpaired) electrons. The van der Waals surface area contributed by atoms with E-state index in [0.29, 0.717) is 22.9 Å². The maximum atomic E-state index is 12.6. The summed E-state index contributed by atoms with van der Waals surface area (Å²) in [6, 6.07) is 13.1. The molecule has 9 heteroatoms. The van der Waals surface area contributed by atoms with Gasteiger partial charge < -0.3 is 14.8 Å². The molecular weight excluding hydrogens is 364 g/mol. The molecule has 0 aliphatic rings. The van der Waals surface area contributed by atoms with Crippen molar-refractivity contribution in [1.29, 1.82) is 0 Å². The van der Waals surface area contributed by atoms with Gasteiger partial charge in [-0.2, -0.15) is 9.78 Å². The summed E-state index contributed by atoms with van der Waals surface area (Å²) in [6.45, 7) is 0. The Balaban J connectivity index is 2.02. The van der Waals surface area contributed by atoms with Crippen LogP contribution in [0.15, 0.2) is 58.1 Å². The van der Waals surface area contributed by atoms with E-state index in [-0.39, 0.29) is 0 Å². The van der Waals surface area contributed by atoms with Gasteiger partial charge in [-0.25, -0.2) is 4.79 Å². The van der Waals surface area contributed by atoms with E-state index >= 15 is 0 Å². The van der Waals surface area contributed by atoms with Gasteiger partial charge in [0.1, 0.15) is 11.5 Å². The lowest BCUT2D eigenvalue weighted by atomic mass is 10.3. The van der Waals surface area contributed by atoms with Gasteiger partial charge in [-0.15, -0.1) is 0 Å². The molecule has 0 bridgehead atoms. The number of hydrogen-bond acceptors (Lipinski definition) is 6. The zero-order valence-corrected chi connectivity index (χ0v) is 15.5. The van der Waals surface area contributed by atoms with E-state index < -0.39 is 22.9 Å². The fourth-order valence-electron chi connectivity index (χ4n) is 2.50. The second-order valence-corrected chi connectivity index (χ2v) is 5.79. The molecule has 3 rings (SSSR count). The lowest BCUT2D eigenvalue weighted by Crippen LogP contribution is -2.43. The van der Waals surface area contributed by atoms with Crippen LogP contribution in [0, 0.1) is 0 Å². The van der Waals surface area contributed by atoms with Crippen molar-refractivity contribution in [3.8, 4) is 17.2 Å². The third-order valence-electron chi connectivity index (χ3n) is 4.04. The highest BCUT2D eigenvalue weighted by Gasteiger charge is 2.19. The number of hydrogen-bond donors (Lipinski definition) is 1. The summed E-state index contributed by atoms with van der Waals surface area (Å²) >= 11 is 0. The van der Waals surface area contributed by atoms with Crippen molar-refractivity contribution < 1.29 is 14.3 Å². The Kier molecular flexibility index (Phi) is 5.25. The number of carbonyl (C=O) groups excluding carboxylic acids is 1. The fourth-order valence-corrected chi connectivity index (χ4v) is 2.50. The van der Waals surface area contributed by atoms with Crippen molar-refractivity contribution in [1.82, 2.24) is 14.3 Å². The van der Waals surface area contributed by atoms with E-state index in [9.17, 15) is 14.4 Å². The van der Waals surface area contributed by atoms with E-state index in [1.807, 2.05) is 0 Å². The summed E-state index contributed by atoms with van der Waals surface area (Å²) in [4.78, 5) is 37.5. The molecular formula is C19H18N4O5. The lowest BCUT2D eigenvalue weighted by molar-refractivity contribution is 0.101. The lowest BCUT2D eigenvalue weighted by Gasteiger charge is -2.10. The molecule has 3 aromatic rings. The second kappa shape index (κ2) is 7.78. The third-order valence-corrected chi connectivity index (χ3v) is 4.04. The van der Waals surface area contributed by atoms with Gasteiger partial charge in [-0.1, -0.05) is 6.07 Å². The molecule has 0 saturated carbocycles. The van der Waals surface area contributed by atoms with Crippen LogP contribution >= 0.6 is 0 Å². The third kappa shape index (κ3) is 3.63. The summed E-state index contributed by atoms with van der Waals surface area (Å²) in [5.74, 6) is 0.399. The first-order valence-electron chi connectivity index (χ1n) is 8.25. The van der Waals surface area contributed by atoms with Gasteiger partial charge in [0, 0.05) is 18.8 Å². The van der Waals surface area contributed by atoms with E-state index in [1.165, 1.54) is 21.3 Å². The molecule has 9 nitrogen and oxygen atoms in total. The van der Waals surface area contributed by atoms with E-state index in [2.05, 4.69) is 10.4 Å². The number of nitrogens with one attached hydrogen (secondary N) is 1. The Morgan fingerprint density at radius 2 is 1.68 bits per heavy atom. The molecule has 0 aliphatic carbocycles. The van der Waals surface area contributed by atoms with Crippen molar-refractivity contribution in [2.75, 3.05) is 19.5 Å². The van der Waals surface area contributed by atoms with Crippen LogP contribution in [0.1, 0.15) is 10.5 Å². The van der Waals surface area contributed by atoms with E-state index in [1.54, 1.807) is 48.5 Å². The molecule has 0 spiro atoms. The number of benzene rings is 2. The molecule has 0 fully saturated rings. The topological polar surface area (TPSA) is 104 Å². The van der Waals surface area contributed by atoms with Crippen LogP contribution in [0.25, 0.3) is 5.69 Å². The predicted molar refractivity (Wildman–Crippen MR) is 103 cm³/mol. The minimum absolute atomic E-state index is 0.386. The Bertz CT molecular complexity index is 1130. The molecule has 0 saturated heterocycles. The van der Waals surface area contributed by atoms with Gasteiger partial charge in [0.25, 0.3) is 11.5 Å². The highest BCUT2D eigenvalue weighted by atomic mass is 16.5. The zero-order valence-electron chi connectivity index (χ0n) is 15.5. The second-order valence-electron chi connectivity index (χ2n) is 5.79. The largest absolute Gasteiger partial charge is 0.497 e. The van der Waals surface area contributed by atoms with Crippen LogP contribution in [-0.2, 0) is 7.05 Å². The molecule has 0 unspecified atom stereocenters. The SMILES string of the molecule is COc1ccc(-n2nc(C(=O)Nc3cccc(OC)c3)c(=O)n(C)c2=O)cc1. The molecule has 1 N–H and O–H groups in total. The van der Waals surface area contributed by atoms with Gasteiger partial charge >= 0.3 is 5.69 Å². The van der Waals surface area contributed by atoms with Gasteiger partial charge in [0.2, 0.25) is 5.69 Å². The van der Waals surface area contributed by atoms with Gasteiger partial charge in [0.15, 0.2) is 0 Å². The fraction of sp³-hybridized carbons (Fsp3) is 0.158. The highest BCUT2D eigenvalue weighted by molar-refractivity contribution is 6.02. The Morgan fingerprint density at radius 3 is 2.32 bits per heavy atom. The first-order valence-corrected chi connectivity index (χ1v) is 8.25.